The van der Waals surface area contributed by atoms with E-state index in [1.54, 1.807) is 48.5 Å². The molecule has 0 saturated carbocycles. The molecule has 4 aromatic rings. The van der Waals surface area contributed by atoms with Crippen LogP contribution >= 0.6 is 11.3 Å². The van der Waals surface area contributed by atoms with E-state index in [4.69, 9.17) is 18.9 Å². The predicted molar refractivity (Wildman–Crippen MR) is 138 cm³/mol. The zero-order valence-corrected chi connectivity index (χ0v) is 20.3. The number of thiazole rings is 1. The van der Waals surface area contributed by atoms with Gasteiger partial charge in [-0.05, 0) is 48.5 Å². The summed E-state index contributed by atoms with van der Waals surface area (Å²) in [7, 11) is 0. The lowest BCUT2D eigenvalue weighted by Gasteiger charge is -2.18. The van der Waals surface area contributed by atoms with Crippen LogP contribution in [0.15, 0.2) is 66.0 Å². The van der Waals surface area contributed by atoms with E-state index >= 15 is 0 Å². The molecule has 2 aliphatic rings. The molecule has 2 N–H and O–H groups in total. The van der Waals surface area contributed by atoms with Gasteiger partial charge in [-0.2, -0.15) is 0 Å². The van der Waals surface area contributed by atoms with E-state index in [1.165, 1.54) is 11.3 Å². The summed E-state index contributed by atoms with van der Waals surface area (Å²) in [6.07, 6.45) is 0. The van der Waals surface area contributed by atoms with Gasteiger partial charge in [-0.25, -0.2) is 4.98 Å². The van der Waals surface area contributed by atoms with Gasteiger partial charge in [-0.1, -0.05) is 12.1 Å². The van der Waals surface area contributed by atoms with E-state index in [0.717, 1.165) is 5.56 Å². The summed E-state index contributed by atoms with van der Waals surface area (Å²) in [5.74, 6) is 1.86. The largest absolute Gasteiger partial charge is 0.486 e. The average molecular weight is 516 g/mol. The first-order chi connectivity index (χ1) is 18.1. The highest BCUT2D eigenvalue weighted by Crippen LogP contribution is 2.33. The van der Waals surface area contributed by atoms with Crippen LogP contribution < -0.4 is 29.6 Å². The molecule has 0 atom stereocenters. The molecule has 0 saturated heterocycles. The Balaban J connectivity index is 1.10. The number of fused-ring (bicyclic) bond motifs is 2. The monoisotopic (exact) mass is 515 g/mol. The number of amides is 2. The lowest BCUT2D eigenvalue weighted by molar-refractivity contribution is 0.101. The number of anilines is 2. The van der Waals surface area contributed by atoms with Gasteiger partial charge in [-0.3, -0.25) is 14.9 Å². The third kappa shape index (κ3) is 4.91. The van der Waals surface area contributed by atoms with Crippen LogP contribution in [0.1, 0.15) is 20.7 Å². The maximum absolute atomic E-state index is 12.7. The number of carbonyl (C=O) groups excluding carboxylic acids is 2. The number of carbonyl (C=O) groups is 2. The topological polar surface area (TPSA) is 108 Å². The molecule has 186 valence electrons. The lowest BCUT2D eigenvalue weighted by Crippen LogP contribution is -2.17. The molecule has 3 heterocycles. The lowest BCUT2D eigenvalue weighted by atomic mass is 10.1. The van der Waals surface area contributed by atoms with Gasteiger partial charge in [0.15, 0.2) is 28.1 Å². The molecule has 0 fully saturated rings. The minimum absolute atomic E-state index is 0.248. The molecule has 10 heteroatoms. The summed E-state index contributed by atoms with van der Waals surface area (Å²) < 4.78 is 22.1. The summed E-state index contributed by atoms with van der Waals surface area (Å²) in [6.45, 7) is 1.90. The Kier molecular flexibility index (Phi) is 6.07. The van der Waals surface area contributed by atoms with Crippen LogP contribution in [-0.4, -0.2) is 43.2 Å². The highest BCUT2D eigenvalue weighted by atomic mass is 32.1. The maximum atomic E-state index is 12.7. The maximum Gasteiger partial charge on any atom is 0.257 e. The van der Waals surface area contributed by atoms with Crippen molar-refractivity contribution in [2.45, 2.75) is 0 Å². The molecule has 0 radical (unpaired) electrons. The van der Waals surface area contributed by atoms with Gasteiger partial charge < -0.3 is 24.3 Å². The number of nitrogens with one attached hydrogen (secondary N) is 2. The van der Waals surface area contributed by atoms with Gasteiger partial charge in [0.1, 0.15) is 26.4 Å². The first-order valence-corrected chi connectivity index (χ1v) is 12.5. The van der Waals surface area contributed by atoms with E-state index in [2.05, 4.69) is 15.6 Å². The normalized spacial score (nSPS) is 13.5. The zero-order chi connectivity index (χ0) is 25.2. The van der Waals surface area contributed by atoms with Crippen molar-refractivity contribution in [3.8, 4) is 34.3 Å². The number of hydrogen-bond donors (Lipinski definition) is 2. The number of nitrogens with zero attached hydrogens (tertiary/aromatic N) is 1. The summed E-state index contributed by atoms with van der Waals surface area (Å²) in [4.78, 5) is 29.9. The smallest absolute Gasteiger partial charge is 0.257 e. The van der Waals surface area contributed by atoms with E-state index in [9.17, 15) is 9.59 Å². The fraction of sp³-hybridized carbons (Fsp3) is 0.148. The van der Waals surface area contributed by atoms with Crippen molar-refractivity contribution < 1.29 is 28.5 Å². The molecular weight excluding hydrogens is 494 g/mol. The SMILES string of the molecule is O=C(Nc1ccc(-c2csc(NC(=O)c3ccc4c(c3)OCCO4)n2)cc1)c1ccc2c(c1)OCCO2. The highest BCUT2D eigenvalue weighted by molar-refractivity contribution is 7.14. The Morgan fingerprint density at radius 2 is 1.22 bits per heavy atom. The van der Waals surface area contributed by atoms with Crippen molar-refractivity contribution in [1.29, 1.82) is 0 Å². The van der Waals surface area contributed by atoms with Crippen molar-refractivity contribution in [1.82, 2.24) is 4.98 Å². The third-order valence-electron chi connectivity index (χ3n) is 5.77. The Bertz CT molecular complexity index is 1480. The van der Waals surface area contributed by atoms with Crippen LogP contribution in [0.5, 0.6) is 23.0 Å². The third-order valence-corrected chi connectivity index (χ3v) is 6.53. The molecule has 2 amide bonds. The Labute approximate surface area is 216 Å². The molecule has 0 aliphatic carbocycles. The molecule has 0 unspecified atom stereocenters. The minimum Gasteiger partial charge on any atom is -0.486 e. The molecule has 3 aromatic carbocycles. The molecule has 1 aromatic heterocycles. The average Bonchev–Trinajstić information content (AvgIpc) is 3.41. The minimum atomic E-state index is -0.282. The highest BCUT2D eigenvalue weighted by Gasteiger charge is 2.17. The van der Waals surface area contributed by atoms with Crippen molar-refractivity contribution in [2.24, 2.45) is 0 Å². The number of rotatable bonds is 5. The summed E-state index contributed by atoms with van der Waals surface area (Å²) >= 11 is 1.33. The first kappa shape index (κ1) is 22.9. The van der Waals surface area contributed by atoms with Crippen molar-refractivity contribution >= 4 is 34.0 Å². The van der Waals surface area contributed by atoms with Gasteiger partial charge in [0.25, 0.3) is 11.8 Å². The number of benzene rings is 3. The van der Waals surface area contributed by atoms with E-state index in [0.29, 0.717) is 77.1 Å². The Morgan fingerprint density at radius 3 is 1.81 bits per heavy atom. The van der Waals surface area contributed by atoms with Crippen LogP contribution in [-0.2, 0) is 0 Å². The first-order valence-electron chi connectivity index (χ1n) is 11.6. The quantitative estimate of drug-likeness (QED) is 0.391. The van der Waals surface area contributed by atoms with Gasteiger partial charge in [0.05, 0.1) is 5.69 Å². The van der Waals surface area contributed by atoms with Gasteiger partial charge >= 0.3 is 0 Å². The summed E-state index contributed by atoms with van der Waals surface area (Å²) in [5, 5.41) is 8.05. The van der Waals surface area contributed by atoms with Crippen LogP contribution in [0.2, 0.25) is 0 Å². The molecule has 37 heavy (non-hydrogen) atoms. The molecule has 6 rings (SSSR count). The Hall–Kier alpha value is -4.57. The van der Waals surface area contributed by atoms with Crippen molar-refractivity contribution in [2.75, 3.05) is 37.1 Å². The zero-order valence-electron chi connectivity index (χ0n) is 19.5. The van der Waals surface area contributed by atoms with Crippen LogP contribution in [0.3, 0.4) is 0 Å². The second-order valence-corrected chi connectivity index (χ2v) is 9.10. The van der Waals surface area contributed by atoms with Crippen LogP contribution in [0.4, 0.5) is 10.8 Å². The standard InChI is InChI=1S/C27H21N3O6S/c31-25(17-3-7-21-23(13-17)35-11-9-33-21)28-19-5-1-16(2-6-19)20-15-37-27(29-20)30-26(32)18-4-8-22-24(14-18)36-12-10-34-22/h1-8,13-15H,9-12H2,(H,28,31)(H,29,30,32). The van der Waals surface area contributed by atoms with E-state index in [-0.39, 0.29) is 11.8 Å². The number of aromatic nitrogens is 1. The van der Waals surface area contributed by atoms with Crippen molar-refractivity contribution in [3.05, 3.63) is 77.2 Å². The fourth-order valence-corrected chi connectivity index (χ4v) is 4.64. The fourth-order valence-electron chi connectivity index (χ4n) is 3.93. The van der Waals surface area contributed by atoms with E-state index in [1.807, 2.05) is 17.5 Å². The van der Waals surface area contributed by atoms with E-state index < -0.39 is 0 Å². The predicted octanol–water partition coefficient (Wildman–Crippen LogP) is 4.86. The van der Waals surface area contributed by atoms with Gasteiger partial charge in [0.2, 0.25) is 0 Å². The van der Waals surface area contributed by atoms with Crippen LogP contribution in [0, 0.1) is 0 Å². The molecule has 9 nitrogen and oxygen atoms in total. The van der Waals surface area contributed by atoms with Crippen LogP contribution in [0.25, 0.3) is 11.3 Å². The molecule has 0 spiro atoms. The van der Waals surface area contributed by atoms with Gasteiger partial charge in [0, 0.05) is 27.8 Å². The number of hydrogen-bond acceptors (Lipinski definition) is 8. The second-order valence-electron chi connectivity index (χ2n) is 8.24. The molecule has 2 aliphatic heterocycles. The summed E-state index contributed by atoms with van der Waals surface area (Å²) in [5.41, 5.74) is 3.15. The summed E-state index contributed by atoms with van der Waals surface area (Å²) in [6, 6.07) is 17.5. The van der Waals surface area contributed by atoms with Gasteiger partial charge in [-0.15, -0.1) is 11.3 Å². The molecular formula is C27H21N3O6S. The van der Waals surface area contributed by atoms with Crippen molar-refractivity contribution in [3.63, 3.8) is 0 Å². The molecule has 0 bridgehead atoms. The Morgan fingerprint density at radius 1 is 0.676 bits per heavy atom. The number of ether oxygens (including phenoxy) is 4. The second kappa shape index (κ2) is 9.82.